The maximum absolute atomic E-state index is 5.66. The highest BCUT2D eigenvalue weighted by Crippen LogP contribution is 2.21. The van der Waals surface area contributed by atoms with Crippen LogP contribution in [0, 0.1) is 0 Å². The Bertz CT molecular complexity index is 344. The van der Waals surface area contributed by atoms with Gasteiger partial charge < -0.3 is 15.4 Å². The normalized spacial score (nSPS) is 10.9. The van der Waals surface area contributed by atoms with Crippen LogP contribution in [0.4, 0.5) is 0 Å². The van der Waals surface area contributed by atoms with Crippen molar-refractivity contribution in [2.75, 3.05) is 32.7 Å². The van der Waals surface area contributed by atoms with Crippen LogP contribution in [0.25, 0.3) is 0 Å². The molecule has 0 radical (unpaired) electrons. The molecule has 17 heavy (non-hydrogen) atoms. The molecule has 0 unspecified atom stereocenters. The standard InChI is InChI=1S/C13H22N2OS/c1-15(6-7-17-3)10-12-8-11(9-14)4-5-13(12)16-2/h4-5,8H,6-7,9-10,14H2,1-3H3. The van der Waals surface area contributed by atoms with Crippen molar-refractivity contribution in [3.8, 4) is 5.75 Å². The summed E-state index contributed by atoms with van der Waals surface area (Å²) in [6.07, 6.45) is 2.13. The summed E-state index contributed by atoms with van der Waals surface area (Å²) >= 11 is 1.87. The molecule has 4 heteroatoms. The monoisotopic (exact) mass is 254 g/mol. The third-order valence-corrected chi connectivity index (χ3v) is 3.29. The Morgan fingerprint density at radius 3 is 2.76 bits per heavy atom. The zero-order valence-electron chi connectivity index (χ0n) is 10.9. The van der Waals surface area contributed by atoms with E-state index in [-0.39, 0.29) is 0 Å². The Balaban J connectivity index is 2.72. The summed E-state index contributed by atoms with van der Waals surface area (Å²) in [6.45, 7) is 2.56. The van der Waals surface area contributed by atoms with E-state index in [1.807, 2.05) is 23.9 Å². The molecular formula is C13H22N2OS. The predicted molar refractivity (Wildman–Crippen MR) is 75.6 cm³/mol. The molecule has 0 spiro atoms. The number of hydrogen-bond donors (Lipinski definition) is 1. The van der Waals surface area contributed by atoms with Gasteiger partial charge in [-0.05, 0) is 31.0 Å². The summed E-state index contributed by atoms with van der Waals surface area (Å²) in [5.41, 5.74) is 8.02. The predicted octanol–water partition coefficient (Wildman–Crippen LogP) is 1.95. The average molecular weight is 254 g/mol. The second-order valence-corrected chi connectivity index (χ2v) is 5.07. The third kappa shape index (κ3) is 4.58. The molecule has 0 fully saturated rings. The van der Waals surface area contributed by atoms with Crippen LogP contribution in [0.2, 0.25) is 0 Å². The summed E-state index contributed by atoms with van der Waals surface area (Å²) in [5, 5.41) is 0. The second kappa shape index (κ2) is 7.58. The van der Waals surface area contributed by atoms with E-state index < -0.39 is 0 Å². The largest absolute Gasteiger partial charge is 0.496 e. The topological polar surface area (TPSA) is 38.5 Å². The molecule has 96 valence electrons. The SMILES string of the molecule is COc1ccc(CN)cc1CN(C)CCSC. The van der Waals surface area contributed by atoms with Crippen molar-refractivity contribution in [1.29, 1.82) is 0 Å². The summed E-state index contributed by atoms with van der Waals surface area (Å²) in [4.78, 5) is 2.30. The van der Waals surface area contributed by atoms with E-state index in [9.17, 15) is 0 Å². The van der Waals surface area contributed by atoms with Gasteiger partial charge in [0.2, 0.25) is 0 Å². The number of rotatable bonds is 7. The quantitative estimate of drug-likeness (QED) is 0.807. The molecule has 0 saturated heterocycles. The second-order valence-electron chi connectivity index (χ2n) is 4.08. The molecule has 1 aromatic rings. The summed E-state index contributed by atoms with van der Waals surface area (Å²) in [6, 6.07) is 6.15. The molecule has 0 bridgehead atoms. The molecule has 0 atom stereocenters. The van der Waals surface area contributed by atoms with Gasteiger partial charge in [-0.3, -0.25) is 0 Å². The molecule has 1 rings (SSSR count). The highest BCUT2D eigenvalue weighted by Gasteiger charge is 2.07. The molecule has 2 N–H and O–H groups in total. The van der Waals surface area contributed by atoms with Gasteiger partial charge in [-0.25, -0.2) is 0 Å². The molecular weight excluding hydrogens is 232 g/mol. The molecule has 0 saturated carbocycles. The van der Waals surface area contributed by atoms with Gasteiger partial charge in [-0.15, -0.1) is 0 Å². The fourth-order valence-electron chi connectivity index (χ4n) is 1.70. The van der Waals surface area contributed by atoms with Crippen LogP contribution in [-0.2, 0) is 13.1 Å². The van der Waals surface area contributed by atoms with Crippen molar-refractivity contribution in [2.45, 2.75) is 13.1 Å². The lowest BCUT2D eigenvalue weighted by atomic mass is 10.1. The molecule has 0 heterocycles. The molecule has 0 aliphatic rings. The smallest absolute Gasteiger partial charge is 0.123 e. The van der Waals surface area contributed by atoms with E-state index >= 15 is 0 Å². The van der Waals surface area contributed by atoms with Crippen molar-refractivity contribution < 1.29 is 4.74 Å². The summed E-state index contributed by atoms with van der Waals surface area (Å²) in [7, 11) is 3.84. The first-order chi connectivity index (χ1) is 8.21. The maximum Gasteiger partial charge on any atom is 0.123 e. The Morgan fingerprint density at radius 2 is 2.18 bits per heavy atom. The van der Waals surface area contributed by atoms with Crippen molar-refractivity contribution in [2.24, 2.45) is 5.73 Å². The molecule has 0 aliphatic heterocycles. The molecule has 0 aromatic heterocycles. The zero-order valence-corrected chi connectivity index (χ0v) is 11.7. The minimum Gasteiger partial charge on any atom is -0.496 e. The highest BCUT2D eigenvalue weighted by atomic mass is 32.2. The van der Waals surface area contributed by atoms with Crippen LogP contribution in [0.5, 0.6) is 5.75 Å². The summed E-state index contributed by atoms with van der Waals surface area (Å²) in [5.74, 6) is 2.09. The fourth-order valence-corrected chi connectivity index (χ4v) is 2.19. The first-order valence-corrected chi connectivity index (χ1v) is 7.14. The van der Waals surface area contributed by atoms with Crippen LogP contribution in [-0.4, -0.2) is 37.6 Å². The average Bonchev–Trinajstić information content (AvgIpc) is 2.36. The van der Waals surface area contributed by atoms with E-state index in [0.29, 0.717) is 6.54 Å². The maximum atomic E-state index is 5.66. The Kier molecular flexibility index (Phi) is 6.40. The number of nitrogens with zero attached hydrogens (tertiary/aromatic N) is 1. The number of benzene rings is 1. The summed E-state index contributed by atoms with van der Waals surface area (Å²) < 4.78 is 5.38. The lowest BCUT2D eigenvalue weighted by Gasteiger charge is -2.18. The zero-order chi connectivity index (χ0) is 12.7. The van der Waals surface area contributed by atoms with E-state index in [1.54, 1.807) is 7.11 Å². The molecule has 1 aromatic carbocycles. The number of nitrogens with two attached hydrogens (primary N) is 1. The molecule has 3 nitrogen and oxygen atoms in total. The van der Waals surface area contributed by atoms with Crippen LogP contribution >= 0.6 is 11.8 Å². The highest BCUT2D eigenvalue weighted by molar-refractivity contribution is 7.98. The fraction of sp³-hybridized carbons (Fsp3) is 0.538. The van der Waals surface area contributed by atoms with Gasteiger partial charge in [0.25, 0.3) is 0 Å². The van der Waals surface area contributed by atoms with Crippen molar-refractivity contribution in [3.63, 3.8) is 0 Å². The Labute approximate surface area is 108 Å². The Morgan fingerprint density at radius 1 is 1.41 bits per heavy atom. The van der Waals surface area contributed by atoms with Gasteiger partial charge in [0.15, 0.2) is 0 Å². The van der Waals surface area contributed by atoms with Gasteiger partial charge in [0, 0.05) is 31.0 Å². The minimum atomic E-state index is 0.575. The minimum absolute atomic E-state index is 0.575. The van der Waals surface area contributed by atoms with Crippen LogP contribution < -0.4 is 10.5 Å². The van der Waals surface area contributed by atoms with Gasteiger partial charge in [0.05, 0.1) is 7.11 Å². The van der Waals surface area contributed by atoms with Gasteiger partial charge in [-0.1, -0.05) is 6.07 Å². The third-order valence-electron chi connectivity index (χ3n) is 2.70. The van der Waals surface area contributed by atoms with E-state index in [4.69, 9.17) is 10.5 Å². The van der Waals surface area contributed by atoms with Crippen molar-refractivity contribution in [1.82, 2.24) is 4.90 Å². The number of thioether (sulfide) groups is 1. The lowest BCUT2D eigenvalue weighted by Crippen LogP contribution is -2.21. The lowest BCUT2D eigenvalue weighted by molar-refractivity contribution is 0.335. The van der Waals surface area contributed by atoms with E-state index in [2.05, 4.69) is 24.3 Å². The van der Waals surface area contributed by atoms with Gasteiger partial charge in [0.1, 0.15) is 5.75 Å². The molecule has 0 amide bonds. The number of hydrogen-bond acceptors (Lipinski definition) is 4. The first-order valence-electron chi connectivity index (χ1n) is 5.74. The van der Waals surface area contributed by atoms with Crippen molar-refractivity contribution in [3.05, 3.63) is 29.3 Å². The van der Waals surface area contributed by atoms with E-state index in [0.717, 1.165) is 30.2 Å². The Hall–Kier alpha value is -0.710. The van der Waals surface area contributed by atoms with Crippen molar-refractivity contribution >= 4 is 11.8 Å². The number of ether oxygens (including phenoxy) is 1. The van der Waals surface area contributed by atoms with Crippen LogP contribution in [0.1, 0.15) is 11.1 Å². The van der Waals surface area contributed by atoms with Crippen LogP contribution in [0.3, 0.4) is 0 Å². The first kappa shape index (κ1) is 14.4. The van der Waals surface area contributed by atoms with Crippen LogP contribution in [0.15, 0.2) is 18.2 Å². The molecule has 0 aliphatic carbocycles. The van der Waals surface area contributed by atoms with E-state index in [1.165, 1.54) is 5.56 Å². The number of methoxy groups -OCH3 is 1. The van der Waals surface area contributed by atoms with Gasteiger partial charge >= 0.3 is 0 Å². The van der Waals surface area contributed by atoms with Gasteiger partial charge in [-0.2, -0.15) is 11.8 Å².